The predicted molar refractivity (Wildman–Crippen MR) is 70.5 cm³/mol. The number of thiophene rings is 1. The highest BCUT2D eigenvalue weighted by Gasteiger charge is 2.11. The zero-order valence-electron chi connectivity index (χ0n) is 9.87. The first kappa shape index (κ1) is 12.7. The summed E-state index contributed by atoms with van der Waals surface area (Å²) in [6.07, 6.45) is 1.75. The molecule has 1 atom stereocenters. The molecule has 0 aromatic carbocycles. The molecule has 0 fully saturated rings. The molecule has 18 heavy (non-hydrogen) atoms. The minimum absolute atomic E-state index is 0.116. The maximum absolute atomic E-state index is 10.6. The highest BCUT2D eigenvalue weighted by molar-refractivity contribution is 7.13. The SMILES string of the molecule is CC(NCc1csc([N+](=O)[O-])c1)c1ccccn1. The van der Waals surface area contributed by atoms with Gasteiger partial charge in [0.2, 0.25) is 0 Å². The van der Waals surface area contributed by atoms with Gasteiger partial charge >= 0.3 is 5.00 Å². The van der Waals surface area contributed by atoms with Crippen molar-refractivity contribution in [2.75, 3.05) is 0 Å². The van der Waals surface area contributed by atoms with Gasteiger partial charge in [0, 0.05) is 30.2 Å². The molecule has 6 heteroatoms. The highest BCUT2D eigenvalue weighted by Crippen LogP contribution is 2.22. The summed E-state index contributed by atoms with van der Waals surface area (Å²) in [4.78, 5) is 14.5. The Morgan fingerprint density at radius 2 is 2.39 bits per heavy atom. The van der Waals surface area contributed by atoms with Crippen LogP contribution >= 0.6 is 11.3 Å². The first-order chi connectivity index (χ1) is 8.66. The van der Waals surface area contributed by atoms with Crippen LogP contribution < -0.4 is 5.32 Å². The van der Waals surface area contributed by atoms with Crippen molar-refractivity contribution in [2.45, 2.75) is 19.5 Å². The molecule has 2 heterocycles. The number of rotatable bonds is 5. The van der Waals surface area contributed by atoms with Crippen molar-refractivity contribution < 1.29 is 4.92 Å². The smallest absolute Gasteiger partial charge is 0.305 e. The van der Waals surface area contributed by atoms with Crippen LogP contribution in [0.25, 0.3) is 0 Å². The van der Waals surface area contributed by atoms with Crippen molar-refractivity contribution in [1.29, 1.82) is 0 Å². The first-order valence-electron chi connectivity index (χ1n) is 5.53. The zero-order valence-corrected chi connectivity index (χ0v) is 10.7. The van der Waals surface area contributed by atoms with Gasteiger partial charge in [0.15, 0.2) is 0 Å². The number of pyridine rings is 1. The summed E-state index contributed by atoms with van der Waals surface area (Å²) in [5.74, 6) is 0. The number of hydrogen-bond donors (Lipinski definition) is 1. The van der Waals surface area contributed by atoms with E-state index in [4.69, 9.17) is 0 Å². The van der Waals surface area contributed by atoms with Gasteiger partial charge < -0.3 is 5.32 Å². The van der Waals surface area contributed by atoms with E-state index < -0.39 is 0 Å². The van der Waals surface area contributed by atoms with Crippen molar-refractivity contribution in [3.63, 3.8) is 0 Å². The number of nitro groups is 1. The Labute approximate surface area is 109 Å². The molecule has 0 aliphatic carbocycles. The van der Waals surface area contributed by atoms with Crippen molar-refractivity contribution in [1.82, 2.24) is 10.3 Å². The molecule has 0 aliphatic rings. The van der Waals surface area contributed by atoms with Gasteiger partial charge in [-0.3, -0.25) is 15.1 Å². The molecule has 0 radical (unpaired) electrons. The Balaban J connectivity index is 1.93. The Bertz CT molecular complexity index is 527. The highest BCUT2D eigenvalue weighted by atomic mass is 32.1. The third-order valence-corrected chi connectivity index (χ3v) is 3.49. The van der Waals surface area contributed by atoms with E-state index in [0.717, 1.165) is 22.6 Å². The summed E-state index contributed by atoms with van der Waals surface area (Å²) in [6, 6.07) is 7.48. The summed E-state index contributed by atoms with van der Waals surface area (Å²) in [5.41, 5.74) is 1.89. The standard InChI is InChI=1S/C12H13N3O2S/c1-9(11-4-2-3-5-13-11)14-7-10-6-12(15(16)17)18-8-10/h2-6,8-9,14H,7H2,1H3. The lowest BCUT2D eigenvalue weighted by Crippen LogP contribution is -2.18. The molecule has 2 rings (SSSR count). The average molecular weight is 263 g/mol. The third kappa shape index (κ3) is 3.12. The van der Waals surface area contributed by atoms with Crippen LogP contribution in [0, 0.1) is 10.1 Å². The fourth-order valence-corrected chi connectivity index (χ4v) is 2.29. The van der Waals surface area contributed by atoms with Crippen molar-refractivity contribution in [3.8, 4) is 0 Å². The molecular formula is C12H13N3O2S. The average Bonchev–Trinajstić information content (AvgIpc) is 2.86. The van der Waals surface area contributed by atoms with E-state index in [1.165, 1.54) is 0 Å². The Morgan fingerprint density at radius 1 is 1.56 bits per heavy atom. The van der Waals surface area contributed by atoms with E-state index in [-0.39, 0.29) is 16.0 Å². The number of aromatic nitrogens is 1. The maximum atomic E-state index is 10.6. The Kier molecular flexibility index (Phi) is 4.01. The van der Waals surface area contributed by atoms with Crippen LogP contribution in [-0.2, 0) is 6.54 Å². The Morgan fingerprint density at radius 3 is 3.00 bits per heavy atom. The topological polar surface area (TPSA) is 68.1 Å². The summed E-state index contributed by atoms with van der Waals surface area (Å²) in [7, 11) is 0. The van der Waals surface area contributed by atoms with Crippen LogP contribution in [-0.4, -0.2) is 9.91 Å². The van der Waals surface area contributed by atoms with Gasteiger partial charge in [0.05, 0.1) is 10.6 Å². The van der Waals surface area contributed by atoms with Gasteiger partial charge in [0.1, 0.15) is 0 Å². The zero-order chi connectivity index (χ0) is 13.0. The molecule has 5 nitrogen and oxygen atoms in total. The molecule has 0 saturated heterocycles. The second-order valence-electron chi connectivity index (χ2n) is 3.91. The molecule has 2 aromatic rings. The van der Waals surface area contributed by atoms with Crippen molar-refractivity contribution >= 4 is 16.3 Å². The van der Waals surface area contributed by atoms with Crippen LogP contribution in [0.5, 0.6) is 0 Å². The largest absolute Gasteiger partial charge is 0.324 e. The number of nitrogens with zero attached hydrogens (tertiary/aromatic N) is 2. The monoisotopic (exact) mass is 263 g/mol. The molecular weight excluding hydrogens is 250 g/mol. The lowest BCUT2D eigenvalue weighted by molar-refractivity contribution is -0.380. The third-order valence-electron chi connectivity index (χ3n) is 2.56. The lowest BCUT2D eigenvalue weighted by Gasteiger charge is -2.12. The van der Waals surface area contributed by atoms with E-state index in [9.17, 15) is 10.1 Å². The van der Waals surface area contributed by atoms with Crippen molar-refractivity contribution in [3.05, 3.63) is 57.2 Å². The van der Waals surface area contributed by atoms with E-state index in [1.54, 1.807) is 17.6 Å². The molecule has 94 valence electrons. The molecule has 0 saturated carbocycles. The molecule has 2 aromatic heterocycles. The second kappa shape index (κ2) is 5.70. The fourth-order valence-electron chi connectivity index (χ4n) is 1.56. The molecule has 1 N–H and O–H groups in total. The van der Waals surface area contributed by atoms with E-state index in [2.05, 4.69) is 10.3 Å². The molecule has 0 bridgehead atoms. The summed E-state index contributed by atoms with van der Waals surface area (Å²) < 4.78 is 0. The minimum atomic E-state index is -0.365. The van der Waals surface area contributed by atoms with Crippen molar-refractivity contribution in [2.24, 2.45) is 0 Å². The quantitative estimate of drug-likeness (QED) is 0.665. The number of nitrogens with one attached hydrogen (secondary N) is 1. The molecule has 0 spiro atoms. The fraction of sp³-hybridized carbons (Fsp3) is 0.250. The van der Waals surface area contributed by atoms with Gasteiger partial charge in [-0.05, 0) is 24.6 Å². The van der Waals surface area contributed by atoms with Crippen LogP contribution in [0.4, 0.5) is 5.00 Å². The first-order valence-corrected chi connectivity index (χ1v) is 6.41. The lowest BCUT2D eigenvalue weighted by atomic mass is 10.2. The van der Waals surface area contributed by atoms with Gasteiger partial charge in [-0.1, -0.05) is 17.4 Å². The van der Waals surface area contributed by atoms with Gasteiger partial charge in [-0.2, -0.15) is 0 Å². The van der Waals surface area contributed by atoms with Gasteiger partial charge in [-0.15, -0.1) is 0 Å². The molecule has 0 amide bonds. The van der Waals surface area contributed by atoms with E-state index in [1.807, 2.05) is 25.1 Å². The maximum Gasteiger partial charge on any atom is 0.324 e. The van der Waals surface area contributed by atoms with Crippen LogP contribution in [0.1, 0.15) is 24.2 Å². The van der Waals surface area contributed by atoms with Gasteiger partial charge in [0.25, 0.3) is 0 Å². The van der Waals surface area contributed by atoms with Crippen LogP contribution in [0.3, 0.4) is 0 Å². The van der Waals surface area contributed by atoms with Crippen LogP contribution in [0.2, 0.25) is 0 Å². The van der Waals surface area contributed by atoms with E-state index >= 15 is 0 Å². The molecule has 1 unspecified atom stereocenters. The number of hydrogen-bond acceptors (Lipinski definition) is 5. The summed E-state index contributed by atoms with van der Waals surface area (Å²) in [6.45, 7) is 2.62. The van der Waals surface area contributed by atoms with E-state index in [0.29, 0.717) is 6.54 Å². The van der Waals surface area contributed by atoms with Crippen LogP contribution in [0.15, 0.2) is 35.8 Å². The normalized spacial score (nSPS) is 12.3. The van der Waals surface area contributed by atoms with Gasteiger partial charge in [-0.25, -0.2) is 0 Å². The summed E-state index contributed by atoms with van der Waals surface area (Å²) >= 11 is 1.15. The molecule has 0 aliphatic heterocycles. The Hall–Kier alpha value is -1.79. The predicted octanol–water partition coefficient (Wildman–Crippen LogP) is 2.90. The summed E-state index contributed by atoms with van der Waals surface area (Å²) in [5, 5.41) is 15.8. The minimum Gasteiger partial charge on any atom is -0.305 e. The second-order valence-corrected chi connectivity index (χ2v) is 4.80.